The van der Waals surface area contributed by atoms with Gasteiger partial charge in [0.1, 0.15) is 11.9 Å². The normalized spacial score (nSPS) is 12.1. The molecule has 0 fully saturated rings. The Bertz CT molecular complexity index is 468. The van der Waals surface area contributed by atoms with Gasteiger partial charge in [-0.15, -0.1) is 0 Å². The standard InChI is InChI=1S/C11H13FN2O3S/c12-8-2-1-6(10(14)15)3-7(8)4-18-5-9(13)11(16)17/h1-3,9H,4-5,13H2,(H2,14,15)(H,16,17)/t9-/m1/s1. The predicted octanol–water partition coefficient (Wildman–Crippen LogP) is 0.570. The van der Waals surface area contributed by atoms with E-state index in [2.05, 4.69) is 0 Å². The Hall–Kier alpha value is -1.60. The van der Waals surface area contributed by atoms with Gasteiger partial charge in [0.25, 0.3) is 0 Å². The van der Waals surface area contributed by atoms with E-state index in [4.69, 9.17) is 16.6 Å². The average molecular weight is 272 g/mol. The van der Waals surface area contributed by atoms with Crippen molar-refractivity contribution >= 4 is 23.6 Å². The van der Waals surface area contributed by atoms with Crippen molar-refractivity contribution in [3.63, 3.8) is 0 Å². The van der Waals surface area contributed by atoms with Crippen LogP contribution >= 0.6 is 11.8 Å². The highest BCUT2D eigenvalue weighted by Crippen LogP contribution is 2.17. The first-order chi connectivity index (χ1) is 8.41. The van der Waals surface area contributed by atoms with Crippen molar-refractivity contribution in [3.05, 3.63) is 35.1 Å². The Morgan fingerprint density at radius 3 is 2.67 bits per heavy atom. The maximum absolute atomic E-state index is 13.4. The Kier molecular flexibility index (Phi) is 5.11. The van der Waals surface area contributed by atoms with Gasteiger partial charge in [0.15, 0.2) is 0 Å². The second kappa shape index (κ2) is 6.36. The molecule has 18 heavy (non-hydrogen) atoms. The molecule has 1 atom stereocenters. The zero-order chi connectivity index (χ0) is 13.7. The molecule has 98 valence electrons. The molecule has 5 nitrogen and oxygen atoms in total. The van der Waals surface area contributed by atoms with E-state index in [0.29, 0.717) is 5.56 Å². The summed E-state index contributed by atoms with van der Waals surface area (Å²) in [5.74, 6) is -1.81. The lowest BCUT2D eigenvalue weighted by molar-refractivity contribution is -0.137. The third kappa shape index (κ3) is 4.01. The maximum atomic E-state index is 13.4. The predicted molar refractivity (Wildman–Crippen MR) is 66.7 cm³/mol. The fraction of sp³-hybridized carbons (Fsp3) is 0.273. The summed E-state index contributed by atoms with van der Waals surface area (Å²) in [6.45, 7) is 0. The molecule has 0 unspecified atom stereocenters. The van der Waals surface area contributed by atoms with Crippen molar-refractivity contribution in [2.24, 2.45) is 11.5 Å². The molecule has 0 aliphatic heterocycles. The number of carbonyl (C=O) groups excluding carboxylic acids is 1. The van der Waals surface area contributed by atoms with Gasteiger partial charge >= 0.3 is 5.97 Å². The van der Waals surface area contributed by atoms with Gasteiger partial charge in [0.2, 0.25) is 5.91 Å². The number of carboxylic acid groups (broad SMARTS) is 1. The number of benzene rings is 1. The van der Waals surface area contributed by atoms with Crippen LogP contribution in [0.3, 0.4) is 0 Å². The van der Waals surface area contributed by atoms with Gasteiger partial charge < -0.3 is 16.6 Å². The average Bonchev–Trinajstić information content (AvgIpc) is 2.30. The van der Waals surface area contributed by atoms with Crippen molar-refractivity contribution in [2.75, 3.05) is 5.75 Å². The van der Waals surface area contributed by atoms with Gasteiger partial charge in [-0.05, 0) is 23.8 Å². The van der Waals surface area contributed by atoms with Crippen LogP contribution in [0.4, 0.5) is 4.39 Å². The molecule has 0 aliphatic carbocycles. The summed E-state index contributed by atoms with van der Waals surface area (Å²) in [5.41, 5.74) is 10.9. The third-order valence-corrected chi connectivity index (χ3v) is 3.31. The molecule has 1 aromatic rings. The number of nitrogens with two attached hydrogens (primary N) is 2. The Labute approximate surface area is 107 Å². The van der Waals surface area contributed by atoms with E-state index < -0.39 is 23.7 Å². The molecule has 0 saturated carbocycles. The largest absolute Gasteiger partial charge is 0.480 e. The summed E-state index contributed by atoms with van der Waals surface area (Å²) >= 11 is 1.18. The van der Waals surface area contributed by atoms with Crippen molar-refractivity contribution < 1.29 is 19.1 Å². The lowest BCUT2D eigenvalue weighted by atomic mass is 10.1. The van der Waals surface area contributed by atoms with Gasteiger partial charge in [-0.2, -0.15) is 11.8 Å². The van der Waals surface area contributed by atoms with E-state index in [1.54, 1.807) is 0 Å². The summed E-state index contributed by atoms with van der Waals surface area (Å²) in [6, 6.07) is 2.83. The second-order valence-corrected chi connectivity index (χ2v) is 4.66. The topological polar surface area (TPSA) is 106 Å². The first-order valence-electron chi connectivity index (χ1n) is 5.06. The first-order valence-corrected chi connectivity index (χ1v) is 6.21. The minimum absolute atomic E-state index is 0.162. The highest BCUT2D eigenvalue weighted by molar-refractivity contribution is 7.98. The number of carbonyl (C=O) groups is 2. The quantitative estimate of drug-likeness (QED) is 0.702. The van der Waals surface area contributed by atoms with Gasteiger partial charge in [0.05, 0.1) is 0 Å². The zero-order valence-corrected chi connectivity index (χ0v) is 10.2. The number of rotatable bonds is 6. The lowest BCUT2D eigenvalue weighted by Gasteiger charge is -2.07. The van der Waals surface area contributed by atoms with Crippen LogP contribution in [0, 0.1) is 5.82 Å². The molecular weight excluding hydrogens is 259 g/mol. The van der Waals surface area contributed by atoms with Gasteiger partial charge in [0, 0.05) is 17.1 Å². The van der Waals surface area contributed by atoms with Gasteiger partial charge in [-0.3, -0.25) is 9.59 Å². The van der Waals surface area contributed by atoms with E-state index in [0.717, 1.165) is 6.07 Å². The van der Waals surface area contributed by atoms with Crippen LogP contribution < -0.4 is 11.5 Å². The molecule has 0 heterocycles. The van der Waals surface area contributed by atoms with Crippen LogP contribution in [-0.2, 0) is 10.5 Å². The van der Waals surface area contributed by atoms with Crippen LogP contribution in [0.2, 0.25) is 0 Å². The number of hydrogen-bond acceptors (Lipinski definition) is 4. The SMILES string of the molecule is NC(=O)c1ccc(F)c(CSC[C@@H](N)C(=O)O)c1. The molecule has 0 radical (unpaired) electrons. The van der Waals surface area contributed by atoms with Gasteiger partial charge in [-0.25, -0.2) is 4.39 Å². The fourth-order valence-corrected chi connectivity index (χ4v) is 2.16. The van der Waals surface area contributed by atoms with Crippen LogP contribution in [0.5, 0.6) is 0 Å². The smallest absolute Gasteiger partial charge is 0.321 e. The minimum atomic E-state index is -1.10. The van der Waals surface area contributed by atoms with Crippen LogP contribution in [0.25, 0.3) is 0 Å². The fourth-order valence-electron chi connectivity index (χ4n) is 1.21. The Balaban J connectivity index is 2.64. The summed E-state index contributed by atoms with van der Waals surface area (Å²) in [5, 5.41) is 8.58. The Morgan fingerprint density at radius 2 is 2.11 bits per heavy atom. The monoisotopic (exact) mass is 272 g/mol. The number of primary amides is 1. The molecule has 1 rings (SSSR count). The molecule has 7 heteroatoms. The molecule has 1 aromatic carbocycles. The van der Waals surface area contributed by atoms with Crippen molar-refractivity contribution in [1.29, 1.82) is 0 Å². The number of halogens is 1. The van der Waals surface area contributed by atoms with E-state index in [1.165, 1.54) is 23.9 Å². The van der Waals surface area contributed by atoms with Crippen molar-refractivity contribution in [2.45, 2.75) is 11.8 Å². The first kappa shape index (κ1) is 14.5. The molecule has 5 N–H and O–H groups in total. The van der Waals surface area contributed by atoms with Crippen LogP contribution in [0.1, 0.15) is 15.9 Å². The summed E-state index contributed by atoms with van der Waals surface area (Å²) in [4.78, 5) is 21.4. The Morgan fingerprint density at radius 1 is 1.44 bits per heavy atom. The molecule has 0 aliphatic rings. The third-order valence-electron chi connectivity index (χ3n) is 2.20. The number of carboxylic acids is 1. The van der Waals surface area contributed by atoms with Crippen LogP contribution in [-0.4, -0.2) is 28.8 Å². The van der Waals surface area contributed by atoms with Gasteiger partial charge in [-0.1, -0.05) is 0 Å². The maximum Gasteiger partial charge on any atom is 0.321 e. The lowest BCUT2D eigenvalue weighted by Crippen LogP contribution is -2.32. The number of amides is 1. The van der Waals surface area contributed by atoms with E-state index in [-0.39, 0.29) is 17.1 Å². The number of thioether (sulfide) groups is 1. The van der Waals surface area contributed by atoms with E-state index in [1.807, 2.05) is 0 Å². The molecule has 0 saturated heterocycles. The molecular formula is C11H13FN2O3S. The zero-order valence-electron chi connectivity index (χ0n) is 9.43. The second-order valence-electron chi connectivity index (χ2n) is 3.63. The highest BCUT2D eigenvalue weighted by Gasteiger charge is 2.12. The molecule has 0 spiro atoms. The van der Waals surface area contributed by atoms with E-state index in [9.17, 15) is 14.0 Å². The highest BCUT2D eigenvalue weighted by atomic mass is 32.2. The molecule has 0 bridgehead atoms. The number of hydrogen-bond donors (Lipinski definition) is 3. The van der Waals surface area contributed by atoms with E-state index >= 15 is 0 Å². The van der Waals surface area contributed by atoms with Crippen molar-refractivity contribution in [3.8, 4) is 0 Å². The molecule has 0 aromatic heterocycles. The summed E-state index contributed by atoms with van der Waals surface area (Å²) in [7, 11) is 0. The molecule has 1 amide bonds. The number of aliphatic carboxylic acids is 1. The summed E-state index contributed by atoms with van der Waals surface area (Å²) in [6.07, 6.45) is 0. The van der Waals surface area contributed by atoms with Crippen LogP contribution in [0.15, 0.2) is 18.2 Å². The van der Waals surface area contributed by atoms with Crippen molar-refractivity contribution in [1.82, 2.24) is 0 Å². The minimum Gasteiger partial charge on any atom is -0.480 e. The summed E-state index contributed by atoms with van der Waals surface area (Å²) < 4.78 is 13.4.